The molecule has 1 N–H and O–H groups in total. The average Bonchev–Trinajstić information content (AvgIpc) is 3.05. The number of halogens is 2. The maximum atomic E-state index is 13.5. The molecule has 0 radical (unpaired) electrons. The van der Waals surface area contributed by atoms with Gasteiger partial charge in [0.1, 0.15) is 5.82 Å². The fourth-order valence-electron chi connectivity index (χ4n) is 1.81. The smallest absolute Gasteiger partial charge is 0.317 e. The Morgan fingerprint density at radius 1 is 1.53 bits per heavy atom. The zero-order chi connectivity index (χ0) is 12.4. The van der Waals surface area contributed by atoms with Crippen LogP contribution in [0, 0.1) is 5.82 Å². The number of hydrogen-bond donors (Lipinski definition) is 1. The highest BCUT2D eigenvalue weighted by Crippen LogP contribution is 2.29. The summed E-state index contributed by atoms with van der Waals surface area (Å²) < 4.78 is 13.5. The third-order valence-corrected chi connectivity index (χ3v) is 3.02. The molecule has 3 nitrogen and oxygen atoms in total. The minimum Gasteiger partial charge on any atom is -0.480 e. The largest absolute Gasteiger partial charge is 0.480 e. The highest BCUT2D eigenvalue weighted by molar-refractivity contribution is 6.30. The maximum absolute atomic E-state index is 13.5. The van der Waals surface area contributed by atoms with Crippen LogP contribution in [0.2, 0.25) is 5.02 Å². The maximum Gasteiger partial charge on any atom is 0.317 e. The van der Waals surface area contributed by atoms with E-state index >= 15 is 0 Å². The fourth-order valence-corrected chi connectivity index (χ4v) is 2.01. The Hall–Kier alpha value is -1.13. The van der Waals surface area contributed by atoms with Crippen molar-refractivity contribution in [1.29, 1.82) is 0 Å². The van der Waals surface area contributed by atoms with Gasteiger partial charge in [-0.15, -0.1) is 0 Å². The number of hydrogen-bond acceptors (Lipinski definition) is 2. The first-order valence-corrected chi connectivity index (χ1v) is 5.84. The van der Waals surface area contributed by atoms with Crippen LogP contribution in [0.25, 0.3) is 0 Å². The molecule has 0 unspecified atom stereocenters. The van der Waals surface area contributed by atoms with Gasteiger partial charge >= 0.3 is 5.97 Å². The molecule has 0 amide bonds. The van der Waals surface area contributed by atoms with E-state index in [4.69, 9.17) is 16.7 Å². The molecule has 0 saturated heterocycles. The second-order valence-corrected chi connectivity index (χ2v) is 4.70. The zero-order valence-corrected chi connectivity index (χ0v) is 9.95. The van der Waals surface area contributed by atoms with Gasteiger partial charge in [0.25, 0.3) is 0 Å². The fraction of sp³-hybridized carbons (Fsp3) is 0.417. The van der Waals surface area contributed by atoms with Gasteiger partial charge in [0.2, 0.25) is 0 Å². The molecule has 0 aromatic heterocycles. The van der Waals surface area contributed by atoms with E-state index in [-0.39, 0.29) is 18.4 Å². The predicted octanol–water partition coefficient (Wildman–Crippen LogP) is 2.53. The Kier molecular flexibility index (Phi) is 3.64. The molecule has 2 rings (SSSR count). The number of carboxylic acids is 1. The van der Waals surface area contributed by atoms with Crippen molar-refractivity contribution in [3.63, 3.8) is 0 Å². The van der Waals surface area contributed by atoms with Gasteiger partial charge < -0.3 is 5.11 Å². The Bertz CT molecular complexity index is 435. The second-order valence-electron chi connectivity index (χ2n) is 4.27. The molecule has 0 aliphatic heterocycles. The van der Waals surface area contributed by atoms with Gasteiger partial charge in [-0.05, 0) is 31.0 Å². The Balaban J connectivity index is 2.10. The number of nitrogens with zero attached hydrogens (tertiary/aromatic N) is 1. The number of aliphatic carboxylic acids is 1. The van der Waals surface area contributed by atoms with Crippen LogP contribution in [-0.2, 0) is 11.3 Å². The second kappa shape index (κ2) is 5.02. The zero-order valence-electron chi connectivity index (χ0n) is 9.20. The van der Waals surface area contributed by atoms with Crippen LogP contribution in [-0.4, -0.2) is 28.6 Å². The van der Waals surface area contributed by atoms with Gasteiger partial charge in [-0.25, -0.2) is 4.39 Å². The van der Waals surface area contributed by atoms with Crippen LogP contribution in [0.3, 0.4) is 0 Å². The van der Waals surface area contributed by atoms with E-state index in [0.717, 1.165) is 12.8 Å². The summed E-state index contributed by atoms with van der Waals surface area (Å²) in [6.07, 6.45) is 1.96. The summed E-state index contributed by atoms with van der Waals surface area (Å²) in [4.78, 5) is 12.5. The predicted molar refractivity (Wildman–Crippen MR) is 62.5 cm³/mol. The van der Waals surface area contributed by atoms with E-state index in [9.17, 15) is 9.18 Å². The summed E-state index contributed by atoms with van der Waals surface area (Å²) in [6, 6.07) is 4.61. The van der Waals surface area contributed by atoms with Crippen molar-refractivity contribution in [2.24, 2.45) is 0 Å². The first-order valence-electron chi connectivity index (χ1n) is 5.46. The quantitative estimate of drug-likeness (QED) is 0.881. The van der Waals surface area contributed by atoms with Crippen molar-refractivity contribution in [3.8, 4) is 0 Å². The summed E-state index contributed by atoms with van der Waals surface area (Å²) >= 11 is 5.80. The van der Waals surface area contributed by atoms with Crippen molar-refractivity contribution in [1.82, 2.24) is 4.90 Å². The normalized spacial score (nSPS) is 15.2. The number of carboxylic acid groups (broad SMARTS) is 1. The average molecular weight is 258 g/mol. The molecule has 1 aromatic rings. The summed E-state index contributed by atoms with van der Waals surface area (Å²) in [5.74, 6) is -1.23. The van der Waals surface area contributed by atoms with Crippen LogP contribution in [0.15, 0.2) is 18.2 Å². The summed E-state index contributed by atoms with van der Waals surface area (Å²) in [6.45, 7) is 0.236. The molecule has 17 heavy (non-hydrogen) atoms. The standard InChI is InChI=1S/C12H13ClFNO2/c13-9-1-4-11(14)8(5-9)6-15(7-12(16)17)10-2-3-10/h1,4-5,10H,2-3,6-7H2,(H,16,17). The number of carbonyl (C=O) groups is 1. The molecule has 1 fully saturated rings. The number of rotatable bonds is 5. The van der Waals surface area contributed by atoms with E-state index in [2.05, 4.69) is 0 Å². The van der Waals surface area contributed by atoms with E-state index in [1.165, 1.54) is 12.1 Å². The molecular formula is C12H13ClFNO2. The molecule has 0 heterocycles. The van der Waals surface area contributed by atoms with Gasteiger partial charge in [0.05, 0.1) is 6.54 Å². The molecule has 1 aromatic carbocycles. The van der Waals surface area contributed by atoms with Gasteiger partial charge in [-0.2, -0.15) is 0 Å². The first-order chi connectivity index (χ1) is 8.06. The molecule has 0 bridgehead atoms. The Morgan fingerprint density at radius 3 is 2.82 bits per heavy atom. The van der Waals surface area contributed by atoms with Crippen LogP contribution < -0.4 is 0 Å². The highest BCUT2D eigenvalue weighted by atomic mass is 35.5. The van der Waals surface area contributed by atoms with Crippen molar-refractivity contribution in [3.05, 3.63) is 34.6 Å². The van der Waals surface area contributed by atoms with Gasteiger partial charge in [-0.1, -0.05) is 11.6 Å². The van der Waals surface area contributed by atoms with E-state index in [1.807, 2.05) is 0 Å². The lowest BCUT2D eigenvalue weighted by atomic mass is 10.2. The molecule has 5 heteroatoms. The molecule has 0 atom stereocenters. The van der Waals surface area contributed by atoms with Crippen LogP contribution in [0.4, 0.5) is 4.39 Å². The van der Waals surface area contributed by atoms with Crippen molar-refractivity contribution >= 4 is 17.6 Å². The lowest BCUT2D eigenvalue weighted by Gasteiger charge is -2.20. The number of benzene rings is 1. The summed E-state index contributed by atoms with van der Waals surface area (Å²) in [5.41, 5.74) is 0.450. The van der Waals surface area contributed by atoms with Crippen LogP contribution in [0.1, 0.15) is 18.4 Å². The van der Waals surface area contributed by atoms with Gasteiger partial charge in [-0.3, -0.25) is 9.69 Å². The van der Waals surface area contributed by atoms with E-state index < -0.39 is 5.97 Å². The van der Waals surface area contributed by atoms with Crippen LogP contribution in [0.5, 0.6) is 0 Å². The molecular weight excluding hydrogens is 245 g/mol. The molecule has 0 spiro atoms. The molecule has 1 aliphatic rings. The van der Waals surface area contributed by atoms with Crippen LogP contribution >= 0.6 is 11.6 Å². The molecule has 1 aliphatic carbocycles. The highest BCUT2D eigenvalue weighted by Gasteiger charge is 2.30. The lowest BCUT2D eigenvalue weighted by molar-refractivity contribution is -0.138. The minimum absolute atomic E-state index is 0.0589. The summed E-state index contributed by atoms with van der Waals surface area (Å²) in [5, 5.41) is 9.27. The Labute approximate surface area is 104 Å². The van der Waals surface area contributed by atoms with E-state index in [0.29, 0.717) is 17.1 Å². The van der Waals surface area contributed by atoms with E-state index in [1.54, 1.807) is 11.0 Å². The molecule has 92 valence electrons. The van der Waals surface area contributed by atoms with Gasteiger partial charge in [0, 0.05) is 23.2 Å². The third-order valence-electron chi connectivity index (χ3n) is 2.78. The SMILES string of the molecule is O=C(O)CN(Cc1cc(Cl)ccc1F)C1CC1. The minimum atomic E-state index is -0.890. The van der Waals surface area contributed by atoms with Crippen molar-refractivity contribution in [2.45, 2.75) is 25.4 Å². The molecule has 1 saturated carbocycles. The van der Waals surface area contributed by atoms with Crippen molar-refractivity contribution in [2.75, 3.05) is 6.54 Å². The monoisotopic (exact) mass is 257 g/mol. The topological polar surface area (TPSA) is 40.5 Å². The third kappa shape index (κ3) is 3.41. The Morgan fingerprint density at radius 2 is 2.24 bits per heavy atom. The van der Waals surface area contributed by atoms with Crippen molar-refractivity contribution < 1.29 is 14.3 Å². The van der Waals surface area contributed by atoms with Gasteiger partial charge in [0.15, 0.2) is 0 Å². The lowest BCUT2D eigenvalue weighted by Crippen LogP contribution is -2.31. The first kappa shape index (κ1) is 12.3. The summed E-state index contributed by atoms with van der Waals surface area (Å²) in [7, 11) is 0.